The number of nitrogens with two attached hydrogens (primary N) is 1. The number of nitrogens with one attached hydrogen (secondary N) is 1. The Bertz CT molecular complexity index is 711. The van der Waals surface area contributed by atoms with Gasteiger partial charge < -0.3 is 15.8 Å². The van der Waals surface area contributed by atoms with Crippen molar-refractivity contribution in [2.75, 3.05) is 5.32 Å². The Morgan fingerprint density at radius 3 is 2.67 bits per heavy atom. The van der Waals surface area contributed by atoms with Crippen LogP contribution in [0.2, 0.25) is 0 Å². The molecule has 2 aromatic carbocycles. The Kier molecular flexibility index (Phi) is 6.17. The van der Waals surface area contributed by atoms with E-state index < -0.39 is 0 Å². The van der Waals surface area contributed by atoms with Crippen LogP contribution in [0, 0.1) is 11.7 Å². The van der Waals surface area contributed by atoms with E-state index in [2.05, 4.69) is 5.32 Å². The quantitative estimate of drug-likeness (QED) is 0.872. The summed E-state index contributed by atoms with van der Waals surface area (Å²) in [5.41, 5.74) is 6.43. The molecule has 128 valence electrons. The summed E-state index contributed by atoms with van der Waals surface area (Å²) in [6.07, 6.45) is 2.39. The van der Waals surface area contributed by atoms with E-state index in [4.69, 9.17) is 10.5 Å². The van der Waals surface area contributed by atoms with E-state index in [0.29, 0.717) is 23.6 Å². The normalized spacial score (nSPS) is 19.4. The van der Waals surface area contributed by atoms with Gasteiger partial charge in [0.2, 0.25) is 5.91 Å². The number of hydrogen-bond donors (Lipinski definition) is 2. The first-order valence-electron chi connectivity index (χ1n) is 7.71. The first-order valence-corrected chi connectivity index (χ1v) is 7.71. The molecule has 1 fully saturated rings. The molecule has 0 saturated heterocycles. The zero-order chi connectivity index (χ0) is 16.2. The van der Waals surface area contributed by atoms with Crippen LogP contribution in [0.15, 0.2) is 48.5 Å². The molecule has 0 bridgehead atoms. The lowest BCUT2D eigenvalue weighted by Crippen LogP contribution is -2.23. The molecule has 1 aliphatic carbocycles. The fourth-order valence-corrected chi connectivity index (χ4v) is 2.81. The van der Waals surface area contributed by atoms with Gasteiger partial charge in [-0.3, -0.25) is 4.79 Å². The van der Waals surface area contributed by atoms with E-state index >= 15 is 0 Å². The van der Waals surface area contributed by atoms with Crippen LogP contribution >= 0.6 is 12.4 Å². The Morgan fingerprint density at radius 1 is 1.17 bits per heavy atom. The van der Waals surface area contributed by atoms with Gasteiger partial charge in [0.05, 0.1) is 5.69 Å². The van der Waals surface area contributed by atoms with Crippen molar-refractivity contribution in [1.82, 2.24) is 0 Å². The number of halogens is 2. The van der Waals surface area contributed by atoms with E-state index in [0.717, 1.165) is 12.8 Å². The molecule has 3 rings (SSSR count). The van der Waals surface area contributed by atoms with Gasteiger partial charge in [-0.25, -0.2) is 4.39 Å². The van der Waals surface area contributed by atoms with Crippen LogP contribution < -0.4 is 15.8 Å². The third-order valence-corrected chi connectivity index (χ3v) is 4.01. The minimum Gasteiger partial charge on any atom is -0.455 e. The number of amides is 1. The van der Waals surface area contributed by atoms with Crippen molar-refractivity contribution in [3.63, 3.8) is 0 Å². The van der Waals surface area contributed by atoms with Crippen LogP contribution in [0.4, 0.5) is 10.1 Å². The van der Waals surface area contributed by atoms with Crippen LogP contribution in [-0.4, -0.2) is 11.9 Å². The molecule has 0 aliphatic heterocycles. The Morgan fingerprint density at radius 2 is 1.96 bits per heavy atom. The first kappa shape index (κ1) is 18.2. The van der Waals surface area contributed by atoms with Crippen LogP contribution in [-0.2, 0) is 4.79 Å². The van der Waals surface area contributed by atoms with Gasteiger partial charge in [-0.1, -0.05) is 18.2 Å². The lowest BCUT2D eigenvalue weighted by molar-refractivity contribution is -0.119. The van der Waals surface area contributed by atoms with E-state index in [1.807, 2.05) is 6.07 Å². The third kappa shape index (κ3) is 4.46. The number of rotatable bonds is 4. The maximum atomic E-state index is 13.3. The highest BCUT2D eigenvalue weighted by atomic mass is 35.5. The van der Waals surface area contributed by atoms with Gasteiger partial charge in [-0.2, -0.15) is 0 Å². The fraction of sp³-hybridized carbons (Fsp3) is 0.278. The topological polar surface area (TPSA) is 64.4 Å². The predicted molar refractivity (Wildman–Crippen MR) is 94.1 cm³/mol. The van der Waals surface area contributed by atoms with Gasteiger partial charge in [0.15, 0.2) is 5.75 Å². The molecule has 0 spiro atoms. The maximum absolute atomic E-state index is 13.3. The van der Waals surface area contributed by atoms with Crippen molar-refractivity contribution in [2.24, 2.45) is 11.7 Å². The molecule has 2 unspecified atom stereocenters. The van der Waals surface area contributed by atoms with Crippen molar-refractivity contribution in [3.05, 3.63) is 54.3 Å². The van der Waals surface area contributed by atoms with Crippen LogP contribution in [0.25, 0.3) is 0 Å². The van der Waals surface area contributed by atoms with Crippen LogP contribution in [0.5, 0.6) is 11.5 Å². The summed E-state index contributed by atoms with van der Waals surface area (Å²) in [5, 5.41) is 2.89. The molecule has 0 radical (unpaired) electrons. The molecule has 1 amide bonds. The average Bonchev–Trinajstić information content (AvgIpc) is 2.96. The predicted octanol–water partition coefficient (Wildman–Crippen LogP) is 4.11. The second kappa shape index (κ2) is 8.13. The van der Waals surface area contributed by atoms with Gasteiger partial charge in [0.1, 0.15) is 11.6 Å². The van der Waals surface area contributed by atoms with Crippen molar-refractivity contribution in [1.29, 1.82) is 0 Å². The Labute approximate surface area is 146 Å². The number of hydrogen-bond acceptors (Lipinski definition) is 3. The van der Waals surface area contributed by atoms with Crippen molar-refractivity contribution in [2.45, 2.75) is 25.3 Å². The molecule has 24 heavy (non-hydrogen) atoms. The van der Waals surface area contributed by atoms with E-state index in [9.17, 15) is 9.18 Å². The fourth-order valence-electron chi connectivity index (χ4n) is 2.81. The summed E-state index contributed by atoms with van der Waals surface area (Å²) in [4.78, 5) is 12.3. The zero-order valence-corrected chi connectivity index (χ0v) is 13.9. The molecule has 2 aromatic rings. The third-order valence-electron chi connectivity index (χ3n) is 4.01. The Balaban J connectivity index is 0.00000208. The number of para-hydroxylation sites is 2. The smallest absolute Gasteiger partial charge is 0.227 e. The molecule has 0 aromatic heterocycles. The highest BCUT2D eigenvalue weighted by Gasteiger charge is 2.28. The monoisotopic (exact) mass is 350 g/mol. The van der Waals surface area contributed by atoms with Gasteiger partial charge >= 0.3 is 0 Å². The van der Waals surface area contributed by atoms with E-state index in [1.165, 1.54) is 12.1 Å². The number of carbonyl (C=O) groups excluding carboxylic acids is 1. The second-order valence-electron chi connectivity index (χ2n) is 5.81. The molecule has 6 heteroatoms. The summed E-state index contributed by atoms with van der Waals surface area (Å²) in [6.45, 7) is 0. The SMILES string of the molecule is Cl.NC1CCC(C(=O)Nc2ccccc2Oc2cccc(F)c2)C1. The van der Waals surface area contributed by atoms with Crippen molar-refractivity contribution < 1.29 is 13.9 Å². The van der Waals surface area contributed by atoms with Crippen molar-refractivity contribution in [3.8, 4) is 11.5 Å². The molecule has 2 atom stereocenters. The van der Waals surface area contributed by atoms with Gasteiger partial charge in [0.25, 0.3) is 0 Å². The molecule has 4 nitrogen and oxygen atoms in total. The lowest BCUT2D eigenvalue weighted by atomic mass is 10.1. The summed E-state index contributed by atoms with van der Waals surface area (Å²) < 4.78 is 19.0. The molecule has 1 saturated carbocycles. The minimum absolute atomic E-state index is 0. The van der Waals surface area contributed by atoms with Crippen LogP contribution in [0.1, 0.15) is 19.3 Å². The molecular formula is C18H20ClFN2O2. The summed E-state index contributed by atoms with van der Waals surface area (Å²) in [6, 6.07) is 13.1. The highest BCUT2D eigenvalue weighted by Crippen LogP contribution is 2.31. The van der Waals surface area contributed by atoms with Crippen molar-refractivity contribution >= 4 is 24.0 Å². The highest BCUT2D eigenvalue weighted by molar-refractivity contribution is 5.94. The van der Waals surface area contributed by atoms with Gasteiger partial charge in [-0.15, -0.1) is 12.4 Å². The largest absolute Gasteiger partial charge is 0.455 e. The van der Waals surface area contributed by atoms with Crippen LogP contribution in [0.3, 0.4) is 0 Å². The zero-order valence-electron chi connectivity index (χ0n) is 13.1. The Hall–Kier alpha value is -2.11. The van der Waals surface area contributed by atoms with E-state index in [1.54, 1.807) is 30.3 Å². The number of carbonyl (C=O) groups is 1. The number of ether oxygens (including phenoxy) is 1. The minimum atomic E-state index is -0.371. The number of benzene rings is 2. The summed E-state index contributed by atoms with van der Waals surface area (Å²) in [7, 11) is 0. The lowest BCUT2D eigenvalue weighted by Gasteiger charge is -2.14. The number of anilines is 1. The van der Waals surface area contributed by atoms with Gasteiger partial charge in [0, 0.05) is 18.0 Å². The second-order valence-corrected chi connectivity index (χ2v) is 5.81. The molecule has 0 heterocycles. The van der Waals surface area contributed by atoms with E-state index in [-0.39, 0.29) is 36.1 Å². The summed E-state index contributed by atoms with van der Waals surface area (Å²) >= 11 is 0. The first-order chi connectivity index (χ1) is 11.1. The average molecular weight is 351 g/mol. The molecular weight excluding hydrogens is 331 g/mol. The summed E-state index contributed by atoms with van der Waals surface area (Å²) in [5.74, 6) is 0.382. The van der Waals surface area contributed by atoms with Gasteiger partial charge in [-0.05, 0) is 43.5 Å². The molecule has 1 aliphatic rings. The standard InChI is InChI=1S/C18H19FN2O2.ClH/c19-13-4-3-5-15(11-13)23-17-7-2-1-6-16(17)21-18(22)12-8-9-14(20)10-12;/h1-7,11-12,14H,8-10,20H2,(H,21,22);1H. The maximum Gasteiger partial charge on any atom is 0.227 e. The molecule has 3 N–H and O–H groups in total.